The zero-order valence-corrected chi connectivity index (χ0v) is 8.13. The summed E-state index contributed by atoms with van der Waals surface area (Å²) < 4.78 is 5.51. The van der Waals surface area contributed by atoms with Gasteiger partial charge in [0.1, 0.15) is 0 Å². The summed E-state index contributed by atoms with van der Waals surface area (Å²) in [6, 6.07) is 2.31. The number of hydrogen-bond donors (Lipinski definition) is 0. The fourth-order valence-electron chi connectivity index (χ4n) is 1.60. The molecule has 0 bridgehead atoms. The first-order valence-electron chi connectivity index (χ1n) is 4.54. The number of hydrogen-bond acceptors (Lipinski definition) is 2. The van der Waals surface area contributed by atoms with E-state index in [4.69, 9.17) is 10.00 Å². The van der Waals surface area contributed by atoms with Crippen molar-refractivity contribution in [1.29, 1.82) is 5.26 Å². The smallest absolute Gasteiger partial charge is 0.0747 e. The van der Waals surface area contributed by atoms with Crippen molar-refractivity contribution in [3.05, 3.63) is 0 Å². The van der Waals surface area contributed by atoms with Crippen molar-refractivity contribution in [2.24, 2.45) is 11.3 Å². The minimum absolute atomic E-state index is 0.129. The van der Waals surface area contributed by atoms with Gasteiger partial charge in [0.2, 0.25) is 0 Å². The summed E-state index contributed by atoms with van der Waals surface area (Å²) in [5.41, 5.74) is 0.268. The van der Waals surface area contributed by atoms with Gasteiger partial charge in [-0.25, -0.2) is 0 Å². The van der Waals surface area contributed by atoms with Gasteiger partial charge in [-0.3, -0.25) is 0 Å². The summed E-state index contributed by atoms with van der Waals surface area (Å²) in [6.45, 7) is 7.31. The van der Waals surface area contributed by atoms with Crippen molar-refractivity contribution in [3.63, 3.8) is 0 Å². The highest BCUT2D eigenvalue weighted by Gasteiger charge is 2.31. The Bertz CT molecular complexity index is 187. The molecule has 1 rings (SSSR count). The molecule has 12 heavy (non-hydrogen) atoms. The molecule has 2 heteroatoms. The highest BCUT2D eigenvalue weighted by Crippen LogP contribution is 2.31. The van der Waals surface area contributed by atoms with Gasteiger partial charge in [-0.15, -0.1) is 0 Å². The molecule has 68 valence electrons. The number of ether oxygens (including phenoxy) is 1. The molecule has 1 aliphatic rings. The van der Waals surface area contributed by atoms with Gasteiger partial charge in [-0.1, -0.05) is 20.8 Å². The van der Waals surface area contributed by atoms with Crippen molar-refractivity contribution in [2.45, 2.75) is 39.7 Å². The molecule has 0 aromatic carbocycles. The van der Waals surface area contributed by atoms with E-state index in [1.807, 2.05) is 0 Å². The Kier molecular flexibility index (Phi) is 2.74. The lowest BCUT2D eigenvalue weighted by molar-refractivity contribution is 0.0654. The average molecular weight is 167 g/mol. The van der Waals surface area contributed by atoms with Crippen LogP contribution >= 0.6 is 0 Å². The predicted molar refractivity (Wildman–Crippen MR) is 47.5 cm³/mol. The first-order valence-corrected chi connectivity index (χ1v) is 4.54. The largest absolute Gasteiger partial charge is 0.377 e. The van der Waals surface area contributed by atoms with E-state index in [0.29, 0.717) is 0 Å². The summed E-state index contributed by atoms with van der Waals surface area (Å²) in [4.78, 5) is 0. The quantitative estimate of drug-likeness (QED) is 0.600. The van der Waals surface area contributed by atoms with Crippen LogP contribution in [-0.2, 0) is 4.74 Å². The maximum atomic E-state index is 8.80. The summed E-state index contributed by atoms with van der Waals surface area (Å²) in [7, 11) is 0. The molecule has 0 spiro atoms. The highest BCUT2D eigenvalue weighted by molar-refractivity contribution is 4.93. The van der Waals surface area contributed by atoms with E-state index in [-0.39, 0.29) is 17.4 Å². The zero-order valence-electron chi connectivity index (χ0n) is 8.13. The Balaban J connectivity index is 2.48. The van der Waals surface area contributed by atoms with Gasteiger partial charge in [0.25, 0.3) is 0 Å². The van der Waals surface area contributed by atoms with Crippen LogP contribution in [0.15, 0.2) is 0 Å². The Labute approximate surface area is 74.5 Å². The van der Waals surface area contributed by atoms with Crippen LogP contribution in [0.4, 0.5) is 0 Å². The topological polar surface area (TPSA) is 33.0 Å². The van der Waals surface area contributed by atoms with Crippen LogP contribution in [0.25, 0.3) is 0 Å². The van der Waals surface area contributed by atoms with Crippen molar-refractivity contribution in [2.75, 3.05) is 6.61 Å². The molecule has 0 aliphatic carbocycles. The third kappa shape index (κ3) is 2.49. The summed E-state index contributed by atoms with van der Waals surface area (Å²) in [5, 5.41) is 8.80. The van der Waals surface area contributed by atoms with E-state index < -0.39 is 0 Å². The molecule has 0 saturated carbocycles. The highest BCUT2D eigenvalue weighted by atomic mass is 16.5. The lowest BCUT2D eigenvalue weighted by Crippen LogP contribution is -2.22. The minimum atomic E-state index is 0.129. The molecule has 2 nitrogen and oxygen atoms in total. The molecule has 0 aromatic rings. The third-order valence-corrected chi connectivity index (χ3v) is 2.19. The van der Waals surface area contributed by atoms with Gasteiger partial charge in [0, 0.05) is 6.61 Å². The van der Waals surface area contributed by atoms with Crippen LogP contribution in [0.2, 0.25) is 0 Å². The van der Waals surface area contributed by atoms with Crippen LogP contribution in [0.3, 0.4) is 0 Å². The van der Waals surface area contributed by atoms with Crippen LogP contribution in [-0.4, -0.2) is 12.7 Å². The summed E-state index contributed by atoms with van der Waals surface area (Å²) in [5.74, 6) is 0.129. The normalized spacial score (nSPS) is 30.2. The first-order chi connectivity index (χ1) is 5.53. The molecule has 2 unspecified atom stereocenters. The van der Waals surface area contributed by atoms with Crippen LogP contribution in [0, 0.1) is 22.7 Å². The molecule has 0 radical (unpaired) electrons. The minimum Gasteiger partial charge on any atom is -0.377 e. The SMILES string of the molecule is CC(C)(C)CC1OCCC1C#N. The van der Waals surface area contributed by atoms with Gasteiger partial charge in [0.05, 0.1) is 18.1 Å². The Hall–Kier alpha value is -0.550. The van der Waals surface area contributed by atoms with E-state index in [1.165, 1.54) is 0 Å². The lowest BCUT2D eigenvalue weighted by Gasteiger charge is -2.23. The summed E-state index contributed by atoms with van der Waals surface area (Å²) >= 11 is 0. The number of rotatable bonds is 1. The molecule has 1 heterocycles. The van der Waals surface area contributed by atoms with Crippen molar-refractivity contribution >= 4 is 0 Å². The monoisotopic (exact) mass is 167 g/mol. The molecular formula is C10H17NO. The molecule has 1 saturated heterocycles. The summed E-state index contributed by atoms with van der Waals surface area (Å²) in [6.07, 6.45) is 2.08. The van der Waals surface area contributed by atoms with Gasteiger partial charge < -0.3 is 4.74 Å². The van der Waals surface area contributed by atoms with Gasteiger partial charge in [-0.05, 0) is 18.3 Å². The first kappa shape index (κ1) is 9.54. The maximum Gasteiger partial charge on any atom is 0.0747 e. The molecule has 1 fully saturated rings. The maximum absolute atomic E-state index is 8.80. The Morgan fingerprint density at radius 3 is 2.67 bits per heavy atom. The van der Waals surface area contributed by atoms with E-state index in [0.717, 1.165) is 19.4 Å². The van der Waals surface area contributed by atoms with Gasteiger partial charge >= 0.3 is 0 Å². The molecule has 0 aromatic heterocycles. The van der Waals surface area contributed by atoms with Crippen molar-refractivity contribution < 1.29 is 4.74 Å². The van der Waals surface area contributed by atoms with Crippen molar-refractivity contribution in [3.8, 4) is 6.07 Å². The predicted octanol–water partition coefficient (Wildman–Crippen LogP) is 2.35. The third-order valence-electron chi connectivity index (χ3n) is 2.19. The fraction of sp³-hybridized carbons (Fsp3) is 0.900. The van der Waals surface area contributed by atoms with Crippen LogP contribution in [0.1, 0.15) is 33.6 Å². The number of nitriles is 1. The second-order valence-corrected chi connectivity index (χ2v) is 4.70. The van der Waals surface area contributed by atoms with E-state index in [9.17, 15) is 0 Å². The van der Waals surface area contributed by atoms with E-state index in [1.54, 1.807) is 0 Å². The second-order valence-electron chi connectivity index (χ2n) is 4.70. The van der Waals surface area contributed by atoms with Gasteiger partial charge in [0.15, 0.2) is 0 Å². The molecule has 1 aliphatic heterocycles. The van der Waals surface area contributed by atoms with Crippen molar-refractivity contribution in [1.82, 2.24) is 0 Å². The molecule has 0 amide bonds. The molecule has 2 atom stereocenters. The molecule has 0 N–H and O–H groups in total. The fourth-order valence-corrected chi connectivity index (χ4v) is 1.60. The van der Waals surface area contributed by atoms with E-state index >= 15 is 0 Å². The van der Waals surface area contributed by atoms with Crippen LogP contribution in [0.5, 0.6) is 0 Å². The zero-order chi connectivity index (χ0) is 9.19. The standard InChI is InChI=1S/C10H17NO/c1-10(2,3)6-9-8(7-11)4-5-12-9/h8-9H,4-6H2,1-3H3. The number of nitrogens with zero attached hydrogens (tertiary/aromatic N) is 1. The Morgan fingerprint density at radius 2 is 2.17 bits per heavy atom. The Morgan fingerprint density at radius 1 is 1.50 bits per heavy atom. The average Bonchev–Trinajstić information content (AvgIpc) is 2.31. The van der Waals surface area contributed by atoms with Gasteiger partial charge in [-0.2, -0.15) is 5.26 Å². The lowest BCUT2D eigenvalue weighted by atomic mass is 9.85. The van der Waals surface area contributed by atoms with Crippen LogP contribution < -0.4 is 0 Å². The molecular weight excluding hydrogens is 150 g/mol. The van der Waals surface area contributed by atoms with E-state index in [2.05, 4.69) is 26.8 Å². The second kappa shape index (κ2) is 3.45.